The molecule has 0 rings (SSSR count). The largest absolute Gasteiger partial charge is 0.396 e. The molecular formula is C19H40O4. The fourth-order valence-corrected chi connectivity index (χ4v) is 2.93. The molecule has 0 saturated carbocycles. The zero-order valence-corrected chi connectivity index (χ0v) is 15.0. The highest BCUT2D eigenvalue weighted by Crippen LogP contribution is 2.14. The summed E-state index contributed by atoms with van der Waals surface area (Å²) in [5, 5.41) is 36.1. The van der Waals surface area contributed by atoms with E-state index in [1.54, 1.807) is 0 Å². The van der Waals surface area contributed by atoms with Gasteiger partial charge in [-0.05, 0) is 32.1 Å². The summed E-state index contributed by atoms with van der Waals surface area (Å²) in [5.74, 6) is 0. The van der Waals surface area contributed by atoms with E-state index in [0.717, 1.165) is 57.8 Å². The van der Waals surface area contributed by atoms with Crippen molar-refractivity contribution < 1.29 is 20.4 Å². The van der Waals surface area contributed by atoms with Crippen LogP contribution in [-0.4, -0.2) is 39.4 Å². The topological polar surface area (TPSA) is 80.9 Å². The molecule has 140 valence electrons. The summed E-state index contributed by atoms with van der Waals surface area (Å²) in [7, 11) is 0. The van der Waals surface area contributed by atoms with Gasteiger partial charge in [0, 0.05) is 6.61 Å². The summed E-state index contributed by atoms with van der Waals surface area (Å²) in [6.45, 7) is 0.317. The fourth-order valence-electron chi connectivity index (χ4n) is 2.93. The third kappa shape index (κ3) is 19.8. The van der Waals surface area contributed by atoms with Gasteiger partial charge in [-0.3, -0.25) is 0 Å². The smallest absolute Gasteiger partial charge is 0.151 e. The molecule has 0 aromatic heterocycles. The van der Waals surface area contributed by atoms with Crippen LogP contribution in [0.25, 0.3) is 0 Å². The van der Waals surface area contributed by atoms with E-state index < -0.39 is 6.29 Å². The van der Waals surface area contributed by atoms with Gasteiger partial charge in [0.15, 0.2) is 6.29 Å². The van der Waals surface area contributed by atoms with E-state index in [0.29, 0.717) is 13.0 Å². The van der Waals surface area contributed by atoms with Gasteiger partial charge in [0.2, 0.25) is 0 Å². The predicted molar refractivity (Wildman–Crippen MR) is 95.2 cm³/mol. The van der Waals surface area contributed by atoms with Gasteiger partial charge in [-0.15, -0.1) is 0 Å². The third-order valence-electron chi connectivity index (χ3n) is 4.45. The van der Waals surface area contributed by atoms with Crippen LogP contribution in [0.5, 0.6) is 0 Å². The number of hydrogen-bond donors (Lipinski definition) is 4. The summed E-state index contributed by atoms with van der Waals surface area (Å²) in [5.41, 5.74) is 0. The molecule has 0 aromatic carbocycles. The Labute approximate surface area is 142 Å². The Hall–Kier alpha value is -0.160. The average Bonchev–Trinajstić information content (AvgIpc) is 2.52. The van der Waals surface area contributed by atoms with Crippen LogP contribution in [-0.2, 0) is 0 Å². The minimum absolute atomic E-state index is 0.131. The fraction of sp³-hybridized carbons (Fsp3) is 1.00. The first kappa shape index (κ1) is 22.8. The molecule has 23 heavy (non-hydrogen) atoms. The molecule has 4 N–H and O–H groups in total. The first-order chi connectivity index (χ1) is 11.2. The van der Waals surface area contributed by atoms with Crippen molar-refractivity contribution in [3.05, 3.63) is 0 Å². The molecule has 0 fully saturated rings. The van der Waals surface area contributed by atoms with Crippen LogP contribution in [0.15, 0.2) is 0 Å². The number of rotatable bonds is 18. The summed E-state index contributed by atoms with van der Waals surface area (Å²) >= 11 is 0. The Bertz CT molecular complexity index is 221. The van der Waals surface area contributed by atoms with Crippen LogP contribution in [0.1, 0.15) is 103 Å². The van der Waals surface area contributed by atoms with Crippen molar-refractivity contribution in [2.24, 2.45) is 0 Å². The predicted octanol–water partition coefficient (Wildman–Crippen LogP) is 3.89. The SMILES string of the molecule is OCCCCCCCCCC(O)CCCCCCCCC(O)O. The van der Waals surface area contributed by atoms with E-state index in [1.807, 2.05) is 0 Å². The molecule has 0 saturated heterocycles. The summed E-state index contributed by atoms with van der Waals surface area (Å²) in [6, 6.07) is 0. The molecule has 0 aliphatic heterocycles. The van der Waals surface area contributed by atoms with Gasteiger partial charge in [-0.25, -0.2) is 0 Å². The van der Waals surface area contributed by atoms with Gasteiger partial charge in [0.25, 0.3) is 0 Å². The molecule has 0 heterocycles. The molecule has 0 spiro atoms. The van der Waals surface area contributed by atoms with E-state index in [2.05, 4.69) is 0 Å². The van der Waals surface area contributed by atoms with Gasteiger partial charge < -0.3 is 20.4 Å². The molecule has 0 aromatic rings. The summed E-state index contributed by atoms with van der Waals surface area (Å²) in [4.78, 5) is 0. The maximum absolute atomic E-state index is 9.94. The van der Waals surface area contributed by atoms with Crippen molar-refractivity contribution in [3.8, 4) is 0 Å². The number of hydrogen-bond acceptors (Lipinski definition) is 4. The maximum atomic E-state index is 9.94. The van der Waals surface area contributed by atoms with Crippen molar-refractivity contribution in [1.29, 1.82) is 0 Å². The van der Waals surface area contributed by atoms with Gasteiger partial charge in [0.1, 0.15) is 0 Å². The molecule has 4 nitrogen and oxygen atoms in total. The minimum atomic E-state index is -1.15. The lowest BCUT2D eigenvalue weighted by Gasteiger charge is -2.10. The second-order valence-corrected chi connectivity index (χ2v) is 6.82. The Morgan fingerprint density at radius 2 is 0.783 bits per heavy atom. The van der Waals surface area contributed by atoms with E-state index in [-0.39, 0.29) is 6.10 Å². The first-order valence-electron chi connectivity index (χ1n) is 9.82. The third-order valence-corrected chi connectivity index (χ3v) is 4.45. The molecule has 1 atom stereocenters. The minimum Gasteiger partial charge on any atom is -0.396 e. The van der Waals surface area contributed by atoms with Crippen LogP contribution >= 0.6 is 0 Å². The first-order valence-corrected chi connectivity index (χ1v) is 9.82. The quantitative estimate of drug-likeness (QED) is 0.227. The van der Waals surface area contributed by atoms with Crippen LogP contribution in [0, 0.1) is 0 Å². The second-order valence-electron chi connectivity index (χ2n) is 6.82. The monoisotopic (exact) mass is 332 g/mol. The van der Waals surface area contributed by atoms with Crippen LogP contribution in [0.3, 0.4) is 0 Å². The van der Waals surface area contributed by atoms with E-state index in [9.17, 15) is 5.11 Å². The van der Waals surface area contributed by atoms with E-state index in [4.69, 9.17) is 15.3 Å². The second kappa shape index (κ2) is 18.2. The lowest BCUT2D eigenvalue weighted by molar-refractivity contribution is -0.0466. The molecule has 0 radical (unpaired) electrons. The Balaban J connectivity index is 3.14. The number of unbranched alkanes of at least 4 members (excludes halogenated alkanes) is 11. The summed E-state index contributed by atoms with van der Waals surface area (Å²) in [6.07, 6.45) is 15.8. The zero-order valence-electron chi connectivity index (χ0n) is 15.0. The molecule has 4 heteroatoms. The van der Waals surface area contributed by atoms with Crippen molar-refractivity contribution >= 4 is 0 Å². The van der Waals surface area contributed by atoms with Crippen molar-refractivity contribution in [3.63, 3.8) is 0 Å². The average molecular weight is 333 g/mol. The highest BCUT2D eigenvalue weighted by Gasteiger charge is 2.04. The van der Waals surface area contributed by atoms with Gasteiger partial charge in [-0.2, -0.15) is 0 Å². The molecule has 0 aliphatic carbocycles. The van der Waals surface area contributed by atoms with Gasteiger partial charge >= 0.3 is 0 Å². The van der Waals surface area contributed by atoms with Crippen LogP contribution < -0.4 is 0 Å². The Morgan fingerprint density at radius 3 is 1.17 bits per heavy atom. The van der Waals surface area contributed by atoms with Crippen molar-refractivity contribution in [2.45, 2.75) is 115 Å². The van der Waals surface area contributed by atoms with Gasteiger partial charge in [0.05, 0.1) is 6.10 Å². The number of aliphatic hydroxyl groups excluding tert-OH is 3. The van der Waals surface area contributed by atoms with E-state index >= 15 is 0 Å². The van der Waals surface area contributed by atoms with Crippen molar-refractivity contribution in [1.82, 2.24) is 0 Å². The number of aliphatic hydroxyl groups is 4. The lowest BCUT2D eigenvalue weighted by Crippen LogP contribution is -2.06. The molecule has 0 bridgehead atoms. The van der Waals surface area contributed by atoms with Crippen LogP contribution in [0.2, 0.25) is 0 Å². The zero-order chi connectivity index (χ0) is 17.2. The van der Waals surface area contributed by atoms with Crippen LogP contribution in [0.4, 0.5) is 0 Å². The summed E-state index contributed by atoms with van der Waals surface area (Å²) < 4.78 is 0. The van der Waals surface area contributed by atoms with E-state index in [1.165, 1.54) is 38.5 Å². The Kier molecular flexibility index (Phi) is 18.1. The molecule has 0 amide bonds. The highest BCUT2D eigenvalue weighted by atomic mass is 16.5. The van der Waals surface area contributed by atoms with Crippen molar-refractivity contribution in [2.75, 3.05) is 6.61 Å². The lowest BCUT2D eigenvalue weighted by atomic mass is 10.0. The maximum Gasteiger partial charge on any atom is 0.151 e. The molecular weight excluding hydrogens is 292 g/mol. The standard InChI is InChI=1S/C19H40O4/c20-17-13-9-5-1-2-6-10-14-18(21)15-11-7-3-4-8-12-16-19(22)23/h18-23H,1-17H2. The Morgan fingerprint density at radius 1 is 0.435 bits per heavy atom. The highest BCUT2D eigenvalue weighted by molar-refractivity contribution is 4.57. The normalized spacial score (nSPS) is 12.9. The van der Waals surface area contributed by atoms with Gasteiger partial charge in [-0.1, -0.05) is 70.6 Å². The molecule has 1 unspecified atom stereocenters. The molecule has 0 aliphatic rings.